The molecule has 1 aromatic heterocycles. The van der Waals surface area contributed by atoms with Crippen LogP contribution < -0.4 is 31.0 Å². The van der Waals surface area contributed by atoms with Gasteiger partial charge in [0.1, 0.15) is 0 Å². The molecular formula is C25H21BrN2O2. The van der Waals surface area contributed by atoms with Crippen LogP contribution in [0.3, 0.4) is 0 Å². The maximum Gasteiger partial charge on any atom is 0.177 e. The quantitative estimate of drug-likeness (QED) is 0.426. The second-order valence-electron chi connectivity index (χ2n) is 6.81. The number of hydrogen-bond acceptors (Lipinski definition) is 3. The summed E-state index contributed by atoms with van der Waals surface area (Å²) in [5.41, 5.74) is 3.88. The first kappa shape index (κ1) is 21.4. The molecule has 0 saturated heterocycles. The summed E-state index contributed by atoms with van der Waals surface area (Å²) in [6.07, 6.45) is 4.17. The van der Waals surface area contributed by atoms with Crippen molar-refractivity contribution < 1.29 is 31.0 Å². The highest BCUT2D eigenvalue weighted by atomic mass is 79.9. The Bertz CT molecular complexity index is 1210. The number of hydrogen-bond donors (Lipinski definition) is 0. The lowest BCUT2D eigenvalue weighted by atomic mass is 9.99. The van der Waals surface area contributed by atoms with E-state index in [0.717, 1.165) is 39.9 Å². The van der Waals surface area contributed by atoms with Gasteiger partial charge in [-0.05, 0) is 34.7 Å². The third kappa shape index (κ3) is 4.29. The number of aromatic nitrogens is 1. The molecule has 4 nitrogen and oxygen atoms in total. The van der Waals surface area contributed by atoms with Crippen molar-refractivity contribution in [1.29, 1.82) is 5.26 Å². The number of rotatable bonds is 5. The fourth-order valence-electron chi connectivity index (χ4n) is 3.50. The zero-order valence-electron chi connectivity index (χ0n) is 16.8. The highest BCUT2D eigenvalue weighted by molar-refractivity contribution is 5.84. The lowest BCUT2D eigenvalue weighted by Gasteiger charge is -2.09. The molecule has 0 aliphatic rings. The first-order valence-electron chi connectivity index (χ1n) is 9.35. The van der Waals surface area contributed by atoms with Gasteiger partial charge in [-0.25, -0.2) is 4.57 Å². The fraction of sp³-hybridized carbons (Fsp3) is 0.120. The molecule has 4 rings (SSSR count). The molecule has 0 fully saturated rings. The molecular weight excluding hydrogens is 440 g/mol. The highest BCUT2D eigenvalue weighted by Gasteiger charge is 2.11. The number of nitriles is 1. The van der Waals surface area contributed by atoms with E-state index in [9.17, 15) is 5.26 Å². The predicted molar refractivity (Wildman–Crippen MR) is 113 cm³/mol. The van der Waals surface area contributed by atoms with Gasteiger partial charge in [-0.15, -0.1) is 0 Å². The zero-order chi connectivity index (χ0) is 20.2. The number of fused-ring (bicyclic) bond motifs is 1. The minimum absolute atomic E-state index is 0. The monoisotopic (exact) mass is 460 g/mol. The molecule has 0 radical (unpaired) electrons. The van der Waals surface area contributed by atoms with Crippen molar-refractivity contribution in [3.63, 3.8) is 0 Å². The molecule has 0 aliphatic heterocycles. The highest BCUT2D eigenvalue weighted by Crippen LogP contribution is 2.31. The van der Waals surface area contributed by atoms with Crippen molar-refractivity contribution in [1.82, 2.24) is 0 Å². The van der Waals surface area contributed by atoms with Crippen LogP contribution in [0.2, 0.25) is 0 Å². The Morgan fingerprint density at radius 3 is 2.20 bits per heavy atom. The molecule has 0 spiro atoms. The average molecular weight is 461 g/mol. The Morgan fingerprint density at radius 2 is 1.53 bits per heavy atom. The van der Waals surface area contributed by atoms with Crippen LogP contribution in [0.25, 0.3) is 21.9 Å². The topological polar surface area (TPSA) is 46.1 Å². The van der Waals surface area contributed by atoms with Crippen molar-refractivity contribution >= 4 is 10.8 Å². The van der Waals surface area contributed by atoms with E-state index in [4.69, 9.17) is 9.47 Å². The van der Waals surface area contributed by atoms with Gasteiger partial charge in [0.15, 0.2) is 30.4 Å². The number of halogens is 1. The number of pyridine rings is 1. The van der Waals surface area contributed by atoms with E-state index in [0.29, 0.717) is 5.56 Å². The van der Waals surface area contributed by atoms with E-state index in [1.165, 1.54) is 5.56 Å². The molecule has 30 heavy (non-hydrogen) atoms. The minimum Gasteiger partial charge on any atom is -1.00 e. The molecule has 0 saturated carbocycles. The summed E-state index contributed by atoms with van der Waals surface area (Å²) < 4.78 is 12.9. The molecule has 0 aliphatic carbocycles. The molecule has 0 N–H and O–H groups in total. The summed E-state index contributed by atoms with van der Waals surface area (Å²) in [6.45, 7) is 0.754. The summed E-state index contributed by atoms with van der Waals surface area (Å²) in [6, 6.07) is 24.3. The van der Waals surface area contributed by atoms with E-state index >= 15 is 0 Å². The van der Waals surface area contributed by atoms with Gasteiger partial charge in [-0.2, -0.15) is 5.26 Å². The Balaban J connectivity index is 0.00000256. The maximum atomic E-state index is 9.32. The third-order valence-electron chi connectivity index (χ3n) is 5.02. The molecule has 150 valence electrons. The molecule has 0 atom stereocenters. The standard InChI is InChI=1S/C25H21N2O2.BrH/c1-28-24-13-20-11-12-27(17-22(20)14-25(24)29-2)16-18-7-9-19(10-8-18)23-6-4-3-5-21(23)15-26;/h3-14,17H,16H2,1-2H3;1H/q+1;/p-1. The summed E-state index contributed by atoms with van der Waals surface area (Å²) >= 11 is 0. The zero-order valence-corrected chi connectivity index (χ0v) is 18.4. The Hall–Kier alpha value is -3.36. The lowest BCUT2D eigenvalue weighted by molar-refractivity contribution is -0.687. The summed E-state index contributed by atoms with van der Waals surface area (Å²) in [5, 5.41) is 11.5. The van der Waals surface area contributed by atoms with Crippen LogP contribution in [0.15, 0.2) is 79.1 Å². The van der Waals surface area contributed by atoms with Gasteiger partial charge in [0.05, 0.1) is 25.9 Å². The van der Waals surface area contributed by atoms with Gasteiger partial charge in [0, 0.05) is 17.0 Å². The van der Waals surface area contributed by atoms with E-state index in [1.807, 2.05) is 36.4 Å². The first-order chi connectivity index (χ1) is 14.2. The number of benzene rings is 3. The average Bonchev–Trinajstić information content (AvgIpc) is 2.78. The normalized spacial score (nSPS) is 10.2. The van der Waals surface area contributed by atoms with Crippen molar-refractivity contribution in [3.05, 3.63) is 90.3 Å². The molecule has 5 heteroatoms. The van der Waals surface area contributed by atoms with E-state index in [1.54, 1.807) is 14.2 Å². The minimum atomic E-state index is 0. The van der Waals surface area contributed by atoms with Gasteiger partial charge in [-0.1, -0.05) is 42.5 Å². The molecule has 3 aromatic carbocycles. The largest absolute Gasteiger partial charge is 1.00 e. The molecule has 1 heterocycles. The second kappa shape index (κ2) is 9.43. The van der Waals surface area contributed by atoms with E-state index in [2.05, 4.69) is 53.4 Å². The van der Waals surface area contributed by atoms with Crippen molar-refractivity contribution in [3.8, 4) is 28.7 Å². The predicted octanol–water partition coefficient (Wildman–Crippen LogP) is 1.74. The fourth-order valence-corrected chi connectivity index (χ4v) is 3.50. The van der Waals surface area contributed by atoms with Crippen LogP contribution in [-0.4, -0.2) is 14.2 Å². The van der Waals surface area contributed by atoms with Gasteiger partial charge < -0.3 is 26.5 Å². The van der Waals surface area contributed by atoms with Crippen molar-refractivity contribution in [2.75, 3.05) is 14.2 Å². The number of ether oxygens (including phenoxy) is 2. The number of methoxy groups -OCH3 is 2. The molecule has 0 unspecified atom stereocenters. The van der Waals surface area contributed by atoms with Gasteiger partial charge in [0.2, 0.25) is 0 Å². The van der Waals surface area contributed by atoms with Gasteiger partial charge in [-0.3, -0.25) is 0 Å². The SMILES string of the molecule is COc1cc2cc[n+](Cc3ccc(-c4ccccc4C#N)cc3)cc2cc1OC.[Br-]. The van der Waals surface area contributed by atoms with E-state index < -0.39 is 0 Å². The van der Waals surface area contributed by atoms with Crippen LogP contribution >= 0.6 is 0 Å². The molecule has 0 amide bonds. The smallest absolute Gasteiger partial charge is 0.177 e. The van der Waals surface area contributed by atoms with Gasteiger partial charge in [0.25, 0.3) is 0 Å². The van der Waals surface area contributed by atoms with Crippen molar-refractivity contribution in [2.24, 2.45) is 0 Å². The number of nitrogens with zero attached hydrogens (tertiary/aromatic N) is 2. The maximum absolute atomic E-state index is 9.32. The van der Waals surface area contributed by atoms with Crippen LogP contribution in [0, 0.1) is 11.3 Å². The van der Waals surface area contributed by atoms with Crippen LogP contribution in [0.5, 0.6) is 11.5 Å². The van der Waals surface area contributed by atoms with Crippen LogP contribution in [0.1, 0.15) is 11.1 Å². The summed E-state index contributed by atoms with van der Waals surface area (Å²) in [4.78, 5) is 0. The van der Waals surface area contributed by atoms with Crippen LogP contribution in [0.4, 0.5) is 0 Å². The molecule has 4 aromatic rings. The van der Waals surface area contributed by atoms with Gasteiger partial charge >= 0.3 is 0 Å². The lowest BCUT2D eigenvalue weighted by Crippen LogP contribution is -3.00. The van der Waals surface area contributed by atoms with Crippen LogP contribution in [-0.2, 0) is 6.54 Å². The first-order valence-corrected chi connectivity index (χ1v) is 9.35. The summed E-state index contributed by atoms with van der Waals surface area (Å²) in [5.74, 6) is 1.45. The Labute approximate surface area is 186 Å². The summed E-state index contributed by atoms with van der Waals surface area (Å²) in [7, 11) is 3.29. The second-order valence-corrected chi connectivity index (χ2v) is 6.81. The Kier molecular flexibility index (Phi) is 6.71. The van der Waals surface area contributed by atoms with E-state index in [-0.39, 0.29) is 17.0 Å². The van der Waals surface area contributed by atoms with Crippen molar-refractivity contribution in [2.45, 2.75) is 6.54 Å². The third-order valence-corrected chi connectivity index (χ3v) is 5.02. The molecule has 0 bridgehead atoms. The Morgan fingerprint density at radius 1 is 0.867 bits per heavy atom.